The second-order valence-corrected chi connectivity index (χ2v) is 11.1. The average molecular weight is 541 g/mol. The molecule has 39 heavy (non-hydrogen) atoms. The van der Waals surface area contributed by atoms with Gasteiger partial charge in [0.05, 0.1) is 6.10 Å². The first-order chi connectivity index (χ1) is 18.2. The number of ether oxygens (including phenoxy) is 1. The number of aliphatic carboxylic acids is 1. The molecule has 0 unspecified atom stereocenters. The van der Waals surface area contributed by atoms with Crippen molar-refractivity contribution < 1.29 is 29.3 Å². The molecular formula is C33H48O6. The van der Waals surface area contributed by atoms with Crippen LogP contribution in [0, 0.1) is 29.6 Å². The number of carboxylic acids is 1. The van der Waals surface area contributed by atoms with E-state index < -0.39 is 18.0 Å². The average Bonchev–Trinajstić information content (AvgIpc) is 2.86. The van der Waals surface area contributed by atoms with Gasteiger partial charge < -0.3 is 14.9 Å². The lowest BCUT2D eigenvalue weighted by Gasteiger charge is -2.25. The monoisotopic (exact) mass is 540 g/mol. The molecule has 0 amide bonds. The van der Waals surface area contributed by atoms with E-state index in [1.807, 2.05) is 58.1 Å². The third kappa shape index (κ3) is 12.6. The minimum atomic E-state index is -1.01. The quantitative estimate of drug-likeness (QED) is 0.135. The molecule has 2 N–H and O–H groups in total. The van der Waals surface area contributed by atoms with Crippen molar-refractivity contribution >= 4 is 17.7 Å². The molecule has 0 saturated heterocycles. The van der Waals surface area contributed by atoms with Gasteiger partial charge in [-0.3, -0.25) is 4.79 Å². The van der Waals surface area contributed by atoms with Crippen LogP contribution in [0.2, 0.25) is 0 Å². The number of hydrogen-bond acceptors (Lipinski definition) is 5. The van der Waals surface area contributed by atoms with Gasteiger partial charge in [0.1, 0.15) is 11.9 Å². The molecule has 0 aromatic rings. The number of allylic oxidation sites excluding steroid dienone is 8. The molecule has 1 rings (SSSR count). The number of carbonyl (C=O) groups is 3. The third-order valence-corrected chi connectivity index (χ3v) is 7.12. The first-order valence-corrected chi connectivity index (χ1v) is 14.0. The highest BCUT2D eigenvalue weighted by atomic mass is 16.5. The Bertz CT molecular complexity index is 1020. The number of carbonyl (C=O) groups excluding carboxylic acids is 2. The van der Waals surface area contributed by atoms with Crippen molar-refractivity contribution in [2.45, 2.75) is 86.9 Å². The number of aliphatic hydroxyl groups is 1. The fourth-order valence-corrected chi connectivity index (χ4v) is 4.75. The molecule has 0 saturated carbocycles. The molecule has 0 aromatic heterocycles. The zero-order chi connectivity index (χ0) is 29.7. The zero-order valence-corrected chi connectivity index (χ0v) is 24.9. The molecule has 1 aliphatic rings. The lowest BCUT2D eigenvalue weighted by Crippen LogP contribution is -2.34. The summed E-state index contributed by atoms with van der Waals surface area (Å²) in [6.45, 7) is 15.4. The van der Waals surface area contributed by atoms with E-state index in [2.05, 4.69) is 26.0 Å². The molecule has 0 fully saturated rings. The summed E-state index contributed by atoms with van der Waals surface area (Å²) in [6, 6.07) is 0. The summed E-state index contributed by atoms with van der Waals surface area (Å²) < 4.78 is 5.39. The van der Waals surface area contributed by atoms with Crippen LogP contribution < -0.4 is 0 Å². The number of cyclic esters (lactones) is 1. The zero-order valence-electron chi connectivity index (χ0n) is 24.9. The van der Waals surface area contributed by atoms with E-state index in [4.69, 9.17) is 9.84 Å². The van der Waals surface area contributed by atoms with Crippen LogP contribution in [0.25, 0.3) is 0 Å². The topological polar surface area (TPSA) is 101 Å². The molecule has 0 bridgehead atoms. The number of rotatable bonds is 15. The highest BCUT2D eigenvalue weighted by Gasteiger charge is 2.29. The van der Waals surface area contributed by atoms with Crippen LogP contribution in [-0.4, -0.2) is 40.1 Å². The van der Waals surface area contributed by atoms with Gasteiger partial charge in [0, 0.05) is 29.9 Å². The summed E-state index contributed by atoms with van der Waals surface area (Å²) in [7, 11) is 0. The van der Waals surface area contributed by atoms with Gasteiger partial charge in [-0.05, 0) is 51.0 Å². The van der Waals surface area contributed by atoms with Crippen molar-refractivity contribution in [2.24, 2.45) is 29.6 Å². The van der Waals surface area contributed by atoms with Gasteiger partial charge in [0.2, 0.25) is 0 Å². The van der Waals surface area contributed by atoms with E-state index in [1.165, 1.54) is 11.6 Å². The predicted molar refractivity (Wildman–Crippen MR) is 157 cm³/mol. The smallest absolute Gasteiger partial charge is 0.331 e. The highest BCUT2D eigenvalue weighted by Crippen LogP contribution is 2.24. The molecule has 1 heterocycles. The number of hydrogen-bond donors (Lipinski definition) is 2. The Hall–Kier alpha value is -2.99. The van der Waals surface area contributed by atoms with Crippen LogP contribution in [-0.2, 0) is 19.1 Å². The minimum absolute atomic E-state index is 0.0360. The summed E-state index contributed by atoms with van der Waals surface area (Å²) in [4.78, 5) is 35.3. The standard InChI is InChI=1S/C33H48O6/c1-9-28(14-15-29-24(5)13-16-31(36)39-29)19-22(3)12-10-11-21(2)17-25(6)32(37)27(8)33(38)26(7)18-23(4)20-30(34)35/h10-11,13-17,19-20,22,24-27,29,33,38H,9,12,18H2,1-8H3,(H,34,35)/b11-10+,15-14+,21-17+,23-20+,28-19-/t22-,24+,25-,26+,27-,29+,33+/m1/s1. The van der Waals surface area contributed by atoms with Crippen molar-refractivity contribution in [3.63, 3.8) is 0 Å². The maximum atomic E-state index is 13.0. The first kappa shape index (κ1) is 34.0. The fourth-order valence-electron chi connectivity index (χ4n) is 4.75. The van der Waals surface area contributed by atoms with Crippen LogP contribution in [0.4, 0.5) is 0 Å². The lowest BCUT2D eigenvalue weighted by atomic mass is 9.83. The van der Waals surface area contributed by atoms with Crippen molar-refractivity contribution in [1.29, 1.82) is 0 Å². The Morgan fingerprint density at radius 2 is 1.77 bits per heavy atom. The van der Waals surface area contributed by atoms with Gasteiger partial charge in [0.15, 0.2) is 0 Å². The van der Waals surface area contributed by atoms with Crippen LogP contribution in [0.3, 0.4) is 0 Å². The molecule has 1 aliphatic heterocycles. The molecule has 6 nitrogen and oxygen atoms in total. The van der Waals surface area contributed by atoms with E-state index in [0.29, 0.717) is 17.9 Å². The van der Waals surface area contributed by atoms with Gasteiger partial charge >= 0.3 is 11.9 Å². The minimum Gasteiger partial charge on any atom is -0.478 e. The van der Waals surface area contributed by atoms with Gasteiger partial charge in [-0.25, -0.2) is 9.59 Å². The number of esters is 1. The first-order valence-electron chi connectivity index (χ1n) is 14.0. The molecule has 0 spiro atoms. The fraction of sp³-hybridized carbons (Fsp3) is 0.545. The Balaban J connectivity index is 2.69. The summed E-state index contributed by atoms with van der Waals surface area (Å²) in [5.74, 6) is -2.01. The second kappa shape index (κ2) is 16.9. The predicted octanol–water partition coefficient (Wildman–Crippen LogP) is 6.78. The SMILES string of the molecule is CCC(=C/[C@H](C)C/C=C/C(C)=C/[C@@H](C)C(=O)[C@@H](C)[C@@H](O)[C@@H](C)C/C(C)=C/C(=O)O)/C=C/[C@@H]1OC(=O)C=C[C@@H]1C. The second-order valence-electron chi connectivity index (χ2n) is 11.1. The van der Waals surface area contributed by atoms with Gasteiger partial charge in [-0.15, -0.1) is 0 Å². The maximum absolute atomic E-state index is 13.0. The van der Waals surface area contributed by atoms with Gasteiger partial charge in [-0.2, -0.15) is 0 Å². The molecule has 0 aliphatic carbocycles. The highest BCUT2D eigenvalue weighted by molar-refractivity contribution is 5.85. The summed E-state index contributed by atoms with van der Waals surface area (Å²) in [5, 5.41) is 19.6. The summed E-state index contributed by atoms with van der Waals surface area (Å²) in [5.41, 5.74) is 2.84. The van der Waals surface area contributed by atoms with Crippen molar-refractivity contribution in [3.8, 4) is 0 Å². The summed E-state index contributed by atoms with van der Waals surface area (Å²) in [6.07, 6.45) is 17.8. The van der Waals surface area contributed by atoms with Crippen molar-refractivity contribution in [3.05, 3.63) is 71.4 Å². The summed E-state index contributed by atoms with van der Waals surface area (Å²) >= 11 is 0. The van der Waals surface area contributed by atoms with E-state index in [1.54, 1.807) is 13.8 Å². The Morgan fingerprint density at radius 3 is 2.38 bits per heavy atom. The molecule has 6 heteroatoms. The number of Topliss-reactive ketones (excluding diaryl/α,β-unsaturated/α-hetero) is 1. The molecule has 216 valence electrons. The third-order valence-electron chi connectivity index (χ3n) is 7.12. The number of ketones is 1. The van der Waals surface area contributed by atoms with Gasteiger partial charge in [0.25, 0.3) is 0 Å². The number of carboxylic acid groups (broad SMARTS) is 1. The Morgan fingerprint density at radius 1 is 1.10 bits per heavy atom. The van der Waals surface area contributed by atoms with Crippen LogP contribution in [0.15, 0.2) is 71.4 Å². The van der Waals surface area contributed by atoms with Crippen LogP contribution >= 0.6 is 0 Å². The molecule has 0 radical (unpaired) electrons. The van der Waals surface area contributed by atoms with E-state index in [0.717, 1.165) is 24.5 Å². The maximum Gasteiger partial charge on any atom is 0.331 e. The normalized spacial score (nSPS) is 23.0. The lowest BCUT2D eigenvalue weighted by molar-refractivity contribution is -0.143. The van der Waals surface area contributed by atoms with E-state index >= 15 is 0 Å². The van der Waals surface area contributed by atoms with Crippen molar-refractivity contribution in [1.82, 2.24) is 0 Å². The number of aliphatic hydroxyl groups excluding tert-OH is 1. The van der Waals surface area contributed by atoms with E-state index in [-0.39, 0.29) is 35.6 Å². The van der Waals surface area contributed by atoms with Gasteiger partial charge in [-0.1, -0.05) is 94.7 Å². The Kier molecular flexibility index (Phi) is 14.7. The molecular weight excluding hydrogens is 492 g/mol. The largest absolute Gasteiger partial charge is 0.478 e. The molecule has 0 aromatic carbocycles. The van der Waals surface area contributed by atoms with Crippen LogP contribution in [0.5, 0.6) is 0 Å². The van der Waals surface area contributed by atoms with E-state index in [9.17, 15) is 19.5 Å². The van der Waals surface area contributed by atoms with Crippen LogP contribution in [0.1, 0.15) is 74.7 Å². The Labute approximate surface area is 234 Å². The van der Waals surface area contributed by atoms with Crippen molar-refractivity contribution in [2.75, 3.05) is 0 Å². The molecule has 7 atom stereocenters.